The van der Waals surface area contributed by atoms with Crippen molar-refractivity contribution in [3.63, 3.8) is 0 Å². The van der Waals surface area contributed by atoms with E-state index in [2.05, 4.69) is 60.4 Å². The fraction of sp³-hybridized carbons (Fsp3) is 0.632. The molecule has 0 saturated carbocycles. The molecule has 0 atom stereocenters. The van der Waals surface area contributed by atoms with E-state index in [0.717, 1.165) is 25.0 Å². The van der Waals surface area contributed by atoms with Crippen LogP contribution in [-0.4, -0.2) is 56.0 Å². The van der Waals surface area contributed by atoms with Crippen LogP contribution in [0.4, 0.5) is 0 Å². The predicted octanol–water partition coefficient (Wildman–Crippen LogP) is 3.43. The number of benzene rings is 1. The van der Waals surface area contributed by atoms with Crippen molar-refractivity contribution < 1.29 is 0 Å². The molecule has 0 aromatic heterocycles. The maximum absolute atomic E-state index is 4.74. The summed E-state index contributed by atoms with van der Waals surface area (Å²) in [4.78, 5) is 9.41. The highest BCUT2D eigenvalue weighted by Gasteiger charge is 2.18. The van der Waals surface area contributed by atoms with E-state index in [1.54, 1.807) is 0 Å². The van der Waals surface area contributed by atoms with Crippen molar-refractivity contribution in [3.05, 3.63) is 35.9 Å². The van der Waals surface area contributed by atoms with E-state index in [1.807, 2.05) is 6.07 Å². The first-order valence-corrected chi connectivity index (χ1v) is 8.91. The van der Waals surface area contributed by atoms with Crippen LogP contribution in [0.3, 0.4) is 0 Å². The molecule has 0 amide bonds. The Hall–Kier alpha value is -0.820. The maximum Gasteiger partial charge on any atom is 0.193 e. The monoisotopic (exact) mass is 444 g/mol. The quantitative estimate of drug-likeness (QED) is 0.415. The SMILES string of the molecule is CCCN1CCC(CNC(=NCc2ccccc2)N(C)C)CC1.I. The van der Waals surface area contributed by atoms with Gasteiger partial charge in [-0.15, -0.1) is 24.0 Å². The van der Waals surface area contributed by atoms with Gasteiger partial charge < -0.3 is 15.1 Å². The summed E-state index contributed by atoms with van der Waals surface area (Å²) in [6, 6.07) is 10.4. The molecule has 2 rings (SSSR count). The van der Waals surface area contributed by atoms with E-state index in [-0.39, 0.29) is 24.0 Å². The largest absolute Gasteiger partial charge is 0.356 e. The highest BCUT2D eigenvalue weighted by Crippen LogP contribution is 2.16. The minimum absolute atomic E-state index is 0. The summed E-state index contributed by atoms with van der Waals surface area (Å²) < 4.78 is 0. The van der Waals surface area contributed by atoms with Crippen LogP contribution in [0.15, 0.2) is 35.3 Å². The Morgan fingerprint density at radius 3 is 2.46 bits per heavy atom. The van der Waals surface area contributed by atoms with Gasteiger partial charge in [-0.1, -0.05) is 37.3 Å². The molecule has 24 heavy (non-hydrogen) atoms. The minimum atomic E-state index is 0. The molecule has 1 aromatic rings. The molecular formula is C19H33IN4. The molecule has 1 aliphatic rings. The molecule has 5 heteroatoms. The maximum atomic E-state index is 4.74. The van der Waals surface area contributed by atoms with Crippen LogP contribution in [0.2, 0.25) is 0 Å². The third kappa shape index (κ3) is 7.38. The molecule has 1 heterocycles. The lowest BCUT2D eigenvalue weighted by Gasteiger charge is -2.32. The molecule has 136 valence electrons. The normalized spacial score (nSPS) is 16.5. The van der Waals surface area contributed by atoms with Crippen LogP contribution in [0.5, 0.6) is 0 Å². The molecule has 1 aromatic carbocycles. The van der Waals surface area contributed by atoms with E-state index in [9.17, 15) is 0 Å². The number of rotatable bonds is 6. The lowest BCUT2D eigenvalue weighted by molar-refractivity contribution is 0.185. The summed E-state index contributed by atoms with van der Waals surface area (Å²) >= 11 is 0. The molecule has 1 N–H and O–H groups in total. The number of hydrogen-bond donors (Lipinski definition) is 1. The highest BCUT2D eigenvalue weighted by atomic mass is 127. The second-order valence-electron chi connectivity index (χ2n) is 6.69. The van der Waals surface area contributed by atoms with Gasteiger partial charge in [-0.2, -0.15) is 0 Å². The smallest absolute Gasteiger partial charge is 0.193 e. The van der Waals surface area contributed by atoms with Crippen LogP contribution >= 0.6 is 24.0 Å². The van der Waals surface area contributed by atoms with Gasteiger partial charge in [0, 0.05) is 20.6 Å². The molecule has 0 radical (unpaired) electrons. The van der Waals surface area contributed by atoms with Crippen LogP contribution in [0, 0.1) is 5.92 Å². The van der Waals surface area contributed by atoms with Gasteiger partial charge in [0.1, 0.15) is 0 Å². The molecule has 0 unspecified atom stereocenters. The number of nitrogens with zero attached hydrogens (tertiary/aromatic N) is 3. The minimum Gasteiger partial charge on any atom is -0.356 e. The second-order valence-corrected chi connectivity index (χ2v) is 6.69. The van der Waals surface area contributed by atoms with Gasteiger partial charge in [0.15, 0.2) is 5.96 Å². The fourth-order valence-electron chi connectivity index (χ4n) is 3.07. The summed E-state index contributed by atoms with van der Waals surface area (Å²) in [5.74, 6) is 1.76. The average Bonchev–Trinajstić information content (AvgIpc) is 2.57. The van der Waals surface area contributed by atoms with Gasteiger partial charge in [0.2, 0.25) is 0 Å². The molecule has 4 nitrogen and oxygen atoms in total. The van der Waals surface area contributed by atoms with Gasteiger partial charge >= 0.3 is 0 Å². The molecule has 1 fully saturated rings. The zero-order valence-corrected chi connectivity index (χ0v) is 17.7. The lowest BCUT2D eigenvalue weighted by Crippen LogP contribution is -2.42. The van der Waals surface area contributed by atoms with Gasteiger partial charge in [0.25, 0.3) is 0 Å². The highest BCUT2D eigenvalue weighted by molar-refractivity contribution is 14.0. The topological polar surface area (TPSA) is 30.9 Å². The Bertz CT molecular complexity index is 468. The van der Waals surface area contributed by atoms with Crippen molar-refractivity contribution in [2.75, 3.05) is 40.3 Å². The number of nitrogens with one attached hydrogen (secondary N) is 1. The van der Waals surface area contributed by atoms with E-state index in [0.29, 0.717) is 0 Å². The van der Waals surface area contributed by atoms with E-state index < -0.39 is 0 Å². The Balaban J connectivity index is 0.00000288. The van der Waals surface area contributed by atoms with Crippen LogP contribution in [-0.2, 0) is 6.54 Å². The number of piperidine rings is 1. The standard InChI is InChI=1S/C19H32N4.HI/c1-4-12-23-13-10-18(11-14-23)16-21-19(22(2)3)20-15-17-8-6-5-7-9-17;/h5-9,18H,4,10-16H2,1-3H3,(H,20,21);1H. The Kier molecular flexibility index (Phi) is 10.3. The predicted molar refractivity (Wildman–Crippen MR) is 114 cm³/mol. The van der Waals surface area contributed by atoms with Gasteiger partial charge in [-0.3, -0.25) is 0 Å². The van der Waals surface area contributed by atoms with Crippen molar-refractivity contribution in [1.29, 1.82) is 0 Å². The molecule has 1 aliphatic heterocycles. The van der Waals surface area contributed by atoms with Crippen molar-refractivity contribution in [3.8, 4) is 0 Å². The third-order valence-corrected chi connectivity index (χ3v) is 4.47. The van der Waals surface area contributed by atoms with Gasteiger partial charge in [-0.05, 0) is 50.4 Å². The Morgan fingerprint density at radius 1 is 1.21 bits per heavy atom. The van der Waals surface area contributed by atoms with E-state index >= 15 is 0 Å². The van der Waals surface area contributed by atoms with Gasteiger partial charge in [-0.25, -0.2) is 4.99 Å². The van der Waals surface area contributed by atoms with E-state index in [1.165, 1.54) is 44.5 Å². The second kappa shape index (κ2) is 11.7. The molecular weight excluding hydrogens is 411 g/mol. The Labute approximate surface area is 164 Å². The van der Waals surface area contributed by atoms with Crippen LogP contribution in [0.25, 0.3) is 0 Å². The zero-order chi connectivity index (χ0) is 16.5. The van der Waals surface area contributed by atoms with Gasteiger partial charge in [0.05, 0.1) is 6.54 Å². The van der Waals surface area contributed by atoms with Crippen LogP contribution < -0.4 is 5.32 Å². The fourth-order valence-corrected chi connectivity index (χ4v) is 3.07. The summed E-state index contributed by atoms with van der Waals surface area (Å²) in [5.41, 5.74) is 1.25. The molecule has 1 saturated heterocycles. The molecule has 0 spiro atoms. The number of aliphatic imine (C=N–C) groups is 1. The summed E-state index contributed by atoms with van der Waals surface area (Å²) in [6.07, 6.45) is 3.86. The van der Waals surface area contributed by atoms with Crippen molar-refractivity contribution in [2.45, 2.75) is 32.7 Å². The first-order chi connectivity index (χ1) is 11.2. The number of hydrogen-bond acceptors (Lipinski definition) is 2. The lowest BCUT2D eigenvalue weighted by atomic mass is 9.97. The first kappa shape index (κ1) is 21.2. The Morgan fingerprint density at radius 2 is 1.88 bits per heavy atom. The van der Waals surface area contributed by atoms with Crippen LogP contribution in [0.1, 0.15) is 31.7 Å². The summed E-state index contributed by atoms with van der Waals surface area (Å²) in [6.45, 7) is 7.78. The van der Waals surface area contributed by atoms with Crippen molar-refractivity contribution in [2.24, 2.45) is 10.9 Å². The third-order valence-electron chi connectivity index (χ3n) is 4.47. The summed E-state index contributed by atoms with van der Waals surface area (Å²) in [7, 11) is 4.11. The first-order valence-electron chi connectivity index (χ1n) is 8.91. The van der Waals surface area contributed by atoms with Crippen molar-refractivity contribution in [1.82, 2.24) is 15.1 Å². The molecule has 0 bridgehead atoms. The average molecular weight is 444 g/mol. The number of guanidine groups is 1. The van der Waals surface area contributed by atoms with Crippen molar-refractivity contribution >= 4 is 29.9 Å². The number of likely N-dealkylation sites (tertiary alicyclic amines) is 1. The molecule has 0 aliphatic carbocycles. The summed E-state index contributed by atoms with van der Waals surface area (Å²) in [5, 5.41) is 3.56. The van der Waals surface area contributed by atoms with E-state index in [4.69, 9.17) is 4.99 Å². The zero-order valence-electron chi connectivity index (χ0n) is 15.4. The number of halogens is 1.